The van der Waals surface area contributed by atoms with Crippen LogP contribution in [0.3, 0.4) is 0 Å². The Labute approximate surface area is 162 Å². The number of benzene rings is 2. The van der Waals surface area contributed by atoms with Crippen LogP contribution >= 0.6 is 11.8 Å². The molecule has 0 saturated heterocycles. The predicted octanol–water partition coefficient (Wildman–Crippen LogP) is 3.48. The summed E-state index contributed by atoms with van der Waals surface area (Å²) in [5.41, 5.74) is 3.84. The molecule has 1 atom stereocenters. The Morgan fingerprint density at radius 3 is 3.11 bits per heavy atom. The molecular formula is C20H22N4O2S. The van der Waals surface area contributed by atoms with E-state index in [1.807, 2.05) is 42.5 Å². The number of aromatic amines is 1. The van der Waals surface area contributed by atoms with E-state index in [2.05, 4.69) is 27.5 Å². The minimum absolute atomic E-state index is 0.0327. The number of aromatic nitrogens is 2. The summed E-state index contributed by atoms with van der Waals surface area (Å²) in [6.45, 7) is 4.30. The highest BCUT2D eigenvalue weighted by Crippen LogP contribution is 2.28. The SMILES string of the molecule is CC(SCC(=O)Nc1ccc2c(c1)OCCNC2)c1nc2ccccc2[nH]1. The Hall–Kier alpha value is -2.51. The lowest BCUT2D eigenvalue weighted by Crippen LogP contribution is -2.16. The summed E-state index contributed by atoms with van der Waals surface area (Å²) in [4.78, 5) is 20.3. The van der Waals surface area contributed by atoms with Gasteiger partial charge in [-0.1, -0.05) is 18.2 Å². The number of imidazole rings is 1. The molecule has 27 heavy (non-hydrogen) atoms. The van der Waals surface area contributed by atoms with Crippen LogP contribution < -0.4 is 15.4 Å². The van der Waals surface area contributed by atoms with Gasteiger partial charge in [0, 0.05) is 30.4 Å². The number of nitrogens with zero attached hydrogens (tertiary/aromatic N) is 1. The summed E-state index contributed by atoms with van der Waals surface area (Å²) in [5, 5.41) is 6.35. The second kappa shape index (κ2) is 8.02. The second-order valence-electron chi connectivity index (χ2n) is 6.49. The molecule has 0 spiro atoms. The number of hydrogen-bond acceptors (Lipinski definition) is 5. The van der Waals surface area contributed by atoms with Gasteiger partial charge in [-0.25, -0.2) is 4.98 Å². The minimum atomic E-state index is -0.0327. The topological polar surface area (TPSA) is 79.0 Å². The van der Waals surface area contributed by atoms with Crippen LogP contribution in [0.1, 0.15) is 23.6 Å². The zero-order valence-corrected chi connectivity index (χ0v) is 15.9. The molecule has 0 saturated carbocycles. The third-order valence-corrected chi connectivity index (χ3v) is 5.61. The van der Waals surface area contributed by atoms with Crippen LogP contribution in [0.25, 0.3) is 11.0 Å². The number of fused-ring (bicyclic) bond motifs is 2. The zero-order valence-electron chi connectivity index (χ0n) is 15.1. The molecule has 1 aliphatic rings. The molecule has 140 valence electrons. The standard InChI is InChI=1S/C20H22N4O2S/c1-13(20-23-16-4-2-3-5-17(16)24-20)27-12-19(25)22-15-7-6-14-11-21-8-9-26-18(14)10-15/h2-7,10,13,21H,8-9,11-12H2,1H3,(H,22,25)(H,23,24). The van der Waals surface area contributed by atoms with Crippen molar-refractivity contribution in [3.8, 4) is 5.75 Å². The van der Waals surface area contributed by atoms with Gasteiger partial charge in [0.25, 0.3) is 0 Å². The number of ether oxygens (including phenoxy) is 1. The molecule has 1 amide bonds. The first-order valence-electron chi connectivity index (χ1n) is 9.01. The molecule has 2 heterocycles. The molecule has 1 unspecified atom stereocenters. The van der Waals surface area contributed by atoms with Crippen molar-refractivity contribution in [2.45, 2.75) is 18.7 Å². The number of carbonyl (C=O) groups is 1. The zero-order chi connectivity index (χ0) is 18.6. The van der Waals surface area contributed by atoms with Crippen molar-refractivity contribution in [3.63, 3.8) is 0 Å². The van der Waals surface area contributed by atoms with E-state index in [-0.39, 0.29) is 11.2 Å². The van der Waals surface area contributed by atoms with E-state index < -0.39 is 0 Å². The van der Waals surface area contributed by atoms with Crippen molar-refractivity contribution in [2.75, 3.05) is 24.2 Å². The van der Waals surface area contributed by atoms with E-state index in [0.29, 0.717) is 12.4 Å². The van der Waals surface area contributed by atoms with Crippen LogP contribution in [0, 0.1) is 0 Å². The number of hydrogen-bond donors (Lipinski definition) is 3. The van der Waals surface area contributed by atoms with E-state index in [1.54, 1.807) is 11.8 Å². The van der Waals surface area contributed by atoms with E-state index >= 15 is 0 Å². The summed E-state index contributed by atoms with van der Waals surface area (Å²) >= 11 is 1.56. The van der Waals surface area contributed by atoms with Crippen molar-refractivity contribution >= 4 is 34.4 Å². The number of rotatable bonds is 5. The molecule has 7 heteroatoms. The number of H-pyrrole nitrogens is 1. The van der Waals surface area contributed by atoms with Gasteiger partial charge in [0.05, 0.1) is 22.0 Å². The first kappa shape index (κ1) is 17.9. The predicted molar refractivity (Wildman–Crippen MR) is 109 cm³/mol. The number of anilines is 1. The first-order valence-corrected chi connectivity index (χ1v) is 10.1. The van der Waals surface area contributed by atoms with Crippen molar-refractivity contribution in [1.82, 2.24) is 15.3 Å². The van der Waals surface area contributed by atoms with E-state index in [1.165, 1.54) is 0 Å². The van der Waals surface area contributed by atoms with Crippen molar-refractivity contribution in [3.05, 3.63) is 53.9 Å². The number of nitrogens with one attached hydrogen (secondary N) is 3. The highest BCUT2D eigenvalue weighted by Gasteiger charge is 2.14. The number of carbonyl (C=O) groups excluding carboxylic acids is 1. The van der Waals surface area contributed by atoms with Crippen LogP contribution in [0.15, 0.2) is 42.5 Å². The molecule has 2 aromatic carbocycles. The molecule has 0 aliphatic carbocycles. The number of amides is 1. The summed E-state index contributed by atoms with van der Waals surface area (Å²) in [6.07, 6.45) is 0. The summed E-state index contributed by atoms with van der Waals surface area (Å²) in [7, 11) is 0. The molecule has 0 fully saturated rings. The van der Waals surface area contributed by atoms with Gasteiger partial charge in [-0.2, -0.15) is 0 Å². The van der Waals surface area contributed by atoms with Gasteiger partial charge in [0.1, 0.15) is 18.2 Å². The lowest BCUT2D eigenvalue weighted by atomic mass is 10.2. The maximum absolute atomic E-state index is 12.3. The lowest BCUT2D eigenvalue weighted by molar-refractivity contribution is -0.113. The molecule has 6 nitrogen and oxygen atoms in total. The number of thioether (sulfide) groups is 1. The molecule has 0 bridgehead atoms. The van der Waals surface area contributed by atoms with Crippen LogP contribution in [-0.4, -0.2) is 34.8 Å². The van der Waals surface area contributed by atoms with Crippen LogP contribution in [0.5, 0.6) is 5.75 Å². The Morgan fingerprint density at radius 2 is 2.22 bits per heavy atom. The minimum Gasteiger partial charge on any atom is -0.492 e. The molecular weight excluding hydrogens is 360 g/mol. The van der Waals surface area contributed by atoms with E-state index in [0.717, 1.165) is 46.9 Å². The molecule has 4 rings (SSSR count). The fourth-order valence-electron chi connectivity index (χ4n) is 3.01. The summed E-state index contributed by atoms with van der Waals surface area (Å²) in [6, 6.07) is 13.7. The fourth-order valence-corrected chi connectivity index (χ4v) is 3.75. The maximum Gasteiger partial charge on any atom is 0.234 e. The Balaban J connectivity index is 1.34. The fraction of sp³-hybridized carbons (Fsp3) is 0.300. The Kier molecular flexibility index (Phi) is 5.31. The lowest BCUT2D eigenvalue weighted by Gasteiger charge is -2.11. The maximum atomic E-state index is 12.3. The van der Waals surface area contributed by atoms with Crippen LogP contribution in [0.4, 0.5) is 5.69 Å². The van der Waals surface area contributed by atoms with Crippen molar-refractivity contribution in [2.24, 2.45) is 0 Å². The van der Waals surface area contributed by atoms with Crippen LogP contribution in [0.2, 0.25) is 0 Å². The van der Waals surface area contributed by atoms with E-state index in [9.17, 15) is 4.79 Å². The normalized spacial score (nSPS) is 14.9. The van der Waals surface area contributed by atoms with Crippen LogP contribution in [-0.2, 0) is 11.3 Å². The molecule has 0 radical (unpaired) electrons. The van der Waals surface area contributed by atoms with Gasteiger partial charge >= 0.3 is 0 Å². The van der Waals surface area contributed by atoms with Crippen molar-refractivity contribution in [1.29, 1.82) is 0 Å². The Bertz CT molecular complexity index is 923. The number of para-hydroxylation sites is 2. The van der Waals surface area contributed by atoms with Gasteiger partial charge in [0.15, 0.2) is 0 Å². The molecule has 3 aromatic rings. The second-order valence-corrected chi connectivity index (χ2v) is 7.82. The monoisotopic (exact) mass is 382 g/mol. The third kappa shape index (κ3) is 4.26. The van der Waals surface area contributed by atoms with Gasteiger partial charge in [-0.3, -0.25) is 4.79 Å². The van der Waals surface area contributed by atoms with Gasteiger partial charge in [0.2, 0.25) is 5.91 Å². The highest BCUT2D eigenvalue weighted by atomic mass is 32.2. The summed E-state index contributed by atoms with van der Waals surface area (Å²) < 4.78 is 5.72. The smallest absolute Gasteiger partial charge is 0.234 e. The molecule has 1 aliphatic heterocycles. The van der Waals surface area contributed by atoms with E-state index in [4.69, 9.17) is 4.74 Å². The average molecular weight is 382 g/mol. The largest absolute Gasteiger partial charge is 0.492 e. The molecule has 1 aromatic heterocycles. The van der Waals surface area contributed by atoms with Crippen molar-refractivity contribution < 1.29 is 9.53 Å². The average Bonchev–Trinajstić information content (AvgIpc) is 2.98. The van der Waals surface area contributed by atoms with Gasteiger partial charge < -0.3 is 20.4 Å². The molecule has 3 N–H and O–H groups in total. The van der Waals surface area contributed by atoms with Gasteiger partial charge in [-0.15, -0.1) is 11.8 Å². The third-order valence-electron chi connectivity index (χ3n) is 4.46. The Morgan fingerprint density at radius 1 is 1.33 bits per heavy atom. The van der Waals surface area contributed by atoms with Gasteiger partial charge in [-0.05, 0) is 25.1 Å². The quantitative estimate of drug-likeness (QED) is 0.630. The first-order chi connectivity index (χ1) is 13.2. The summed E-state index contributed by atoms with van der Waals surface area (Å²) in [5.74, 6) is 2.05. The highest BCUT2D eigenvalue weighted by molar-refractivity contribution is 8.00.